The summed E-state index contributed by atoms with van der Waals surface area (Å²) < 4.78 is 0.797. The van der Waals surface area contributed by atoms with E-state index in [1.807, 2.05) is 6.07 Å². The van der Waals surface area contributed by atoms with Gasteiger partial charge in [0.25, 0.3) is 0 Å². The summed E-state index contributed by atoms with van der Waals surface area (Å²) in [6.07, 6.45) is 0.629. The van der Waals surface area contributed by atoms with Gasteiger partial charge in [-0.15, -0.1) is 0 Å². The highest BCUT2D eigenvalue weighted by Gasteiger charge is 2.45. The number of aromatic hydroxyl groups is 1. The zero-order chi connectivity index (χ0) is 10.3. The van der Waals surface area contributed by atoms with Gasteiger partial charge in [-0.1, -0.05) is 22.0 Å². The van der Waals surface area contributed by atoms with Gasteiger partial charge in [0, 0.05) is 10.4 Å². The van der Waals surface area contributed by atoms with E-state index in [-0.39, 0.29) is 17.6 Å². The van der Waals surface area contributed by atoms with E-state index >= 15 is 0 Å². The van der Waals surface area contributed by atoms with Gasteiger partial charge < -0.3 is 10.2 Å². The van der Waals surface area contributed by atoms with Crippen molar-refractivity contribution in [3.05, 3.63) is 28.2 Å². The van der Waals surface area contributed by atoms with Crippen LogP contribution in [-0.2, 0) is 4.79 Å². The molecule has 2 atom stereocenters. The average molecular weight is 257 g/mol. The van der Waals surface area contributed by atoms with Crippen LogP contribution in [0.15, 0.2) is 22.7 Å². The molecule has 0 spiro atoms. The minimum atomic E-state index is -0.780. The second kappa shape index (κ2) is 3.28. The lowest BCUT2D eigenvalue weighted by atomic mass is 10.1. The second-order valence-electron chi connectivity index (χ2n) is 3.49. The number of hydrogen-bond acceptors (Lipinski definition) is 2. The van der Waals surface area contributed by atoms with Crippen molar-refractivity contribution in [3.63, 3.8) is 0 Å². The van der Waals surface area contributed by atoms with Crippen molar-refractivity contribution in [1.82, 2.24) is 0 Å². The molecule has 0 amide bonds. The van der Waals surface area contributed by atoms with Gasteiger partial charge in [0.1, 0.15) is 5.75 Å². The first-order valence-electron chi connectivity index (χ1n) is 4.31. The highest BCUT2D eigenvalue weighted by molar-refractivity contribution is 9.10. The van der Waals surface area contributed by atoms with Crippen LogP contribution in [0.2, 0.25) is 0 Å². The summed E-state index contributed by atoms with van der Waals surface area (Å²) >= 11 is 3.23. The van der Waals surface area contributed by atoms with Crippen LogP contribution in [0, 0.1) is 5.92 Å². The van der Waals surface area contributed by atoms with Gasteiger partial charge in [0.2, 0.25) is 0 Å². The first-order valence-corrected chi connectivity index (χ1v) is 5.10. The third-order valence-electron chi connectivity index (χ3n) is 2.50. The summed E-state index contributed by atoms with van der Waals surface area (Å²) in [5.41, 5.74) is 0.737. The highest BCUT2D eigenvalue weighted by Crippen LogP contribution is 2.50. The van der Waals surface area contributed by atoms with Crippen molar-refractivity contribution in [1.29, 1.82) is 0 Å². The lowest BCUT2D eigenvalue weighted by Crippen LogP contribution is -1.98. The van der Waals surface area contributed by atoms with E-state index in [2.05, 4.69) is 15.9 Å². The van der Waals surface area contributed by atoms with E-state index in [0.29, 0.717) is 6.42 Å². The molecule has 4 heteroatoms. The molecule has 14 heavy (non-hydrogen) atoms. The molecule has 1 aromatic carbocycles. The summed E-state index contributed by atoms with van der Waals surface area (Å²) in [5, 5.41) is 18.3. The van der Waals surface area contributed by atoms with E-state index < -0.39 is 5.97 Å². The smallest absolute Gasteiger partial charge is 0.307 e. The Morgan fingerprint density at radius 1 is 1.50 bits per heavy atom. The topological polar surface area (TPSA) is 57.5 Å². The molecule has 1 aliphatic carbocycles. The predicted octanol–water partition coefficient (Wildman–Crippen LogP) is 2.34. The van der Waals surface area contributed by atoms with Gasteiger partial charge in [0.15, 0.2) is 0 Å². The monoisotopic (exact) mass is 256 g/mol. The Morgan fingerprint density at radius 2 is 2.21 bits per heavy atom. The summed E-state index contributed by atoms with van der Waals surface area (Å²) in [7, 11) is 0. The van der Waals surface area contributed by atoms with Crippen molar-refractivity contribution >= 4 is 21.9 Å². The molecule has 3 nitrogen and oxygen atoms in total. The molecule has 0 bridgehead atoms. The van der Waals surface area contributed by atoms with Crippen LogP contribution in [0.25, 0.3) is 0 Å². The molecule has 0 unspecified atom stereocenters. The number of hydrogen-bond donors (Lipinski definition) is 2. The van der Waals surface area contributed by atoms with E-state index in [4.69, 9.17) is 5.11 Å². The van der Waals surface area contributed by atoms with Crippen LogP contribution in [0.4, 0.5) is 0 Å². The summed E-state index contributed by atoms with van der Waals surface area (Å²) in [6, 6.07) is 5.17. The normalized spacial score (nSPS) is 24.6. The summed E-state index contributed by atoms with van der Waals surface area (Å²) in [6.45, 7) is 0. The Bertz CT molecular complexity index is 389. The van der Waals surface area contributed by atoms with Crippen molar-refractivity contribution in [2.45, 2.75) is 12.3 Å². The van der Waals surface area contributed by atoms with Crippen LogP contribution in [-0.4, -0.2) is 16.2 Å². The van der Waals surface area contributed by atoms with Crippen LogP contribution >= 0.6 is 15.9 Å². The Hall–Kier alpha value is -1.03. The number of halogens is 1. The van der Waals surface area contributed by atoms with E-state index in [9.17, 15) is 9.90 Å². The second-order valence-corrected chi connectivity index (χ2v) is 4.41. The fourth-order valence-corrected chi connectivity index (χ4v) is 1.99. The quantitative estimate of drug-likeness (QED) is 0.854. The first-order chi connectivity index (χ1) is 6.59. The minimum absolute atomic E-state index is 0.0133. The number of phenolic OH excluding ortho intramolecular Hbond substituents is 1. The fraction of sp³-hybridized carbons (Fsp3) is 0.300. The minimum Gasteiger partial charge on any atom is -0.508 e. The standard InChI is InChI=1S/C10H9BrO3/c11-5-1-2-6(9(12)3-5)7-4-8(7)10(13)14/h1-3,7-8,12H,4H2,(H,13,14)/t7-,8+/m0/s1. The van der Waals surface area contributed by atoms with Gasteiger partial charge in [-0.2, -0.15) is 0 Å². The maximum absolute atomic E-state index is 10.6. The number of rotatable bonds is 2. The largest absolute Gasteiger partial charge is 0.508 e. The predicted molar refractivity (Wildman–Crippen MR) is 54.3 cm³/mol. The van der Waals surface area contributed by atoms with E-state index in [0.717, 1.165) is 10.0 Å². The number of carboxylic acids is 1. The fourth-order valence-electron chi connectivity index (χ4n) is 1.64. The molecule has 2 N–H and O–H groups in total. The van der Waals surface area contributed by atoms with Crippen molar-refractivity contribution in [2.75, 3.05) is 0 Å². The molecule has 1 aliphatic rings. The maximum atomic E-state index is 10.6. The number of phenols is 1. The Labute approximate surface area is 89.5 Å². The van der Waals surface area contributed by atoms with Gasteiger partial charge >= 0.3 is 5.97 Å². The Balaban J connectivity index is 2.23. The third-order valence-corrected chi connectivity index (χ3v) is 2.99. The number of carboxylic acid groups (broad SMARTS) is 1. The third kappa shape index (κ3) is 1.62. The van der Waals surface area contributed by atoms with E-state index in [1.165, 1.54) is 0 Å². The van der Waals surface area contributed by atoms with Gasteiger partial charge in [-0.3, -0.25) is 4.79 Å². The number of aliphatic carboxylic acids is 1. The molecular formula is C10H9BrO3. The van der Waals surface area contributed by atoms with Gasteiger partial charge in [-0.05, 0) is 24.1 Å². The number of benzene rings is 1. The Morgan fingerprint density at radius 3 is 2.71 bits per heavy atom. The van der Waals surface area contributed by atoms with E-state index in [1.54, 1.807) is 12.1 Å². The summed E-state index contributed by atoms with van der Waals surface area (Å²) in [5.74, 6) is -0.937. The SMILES string of the molecule is O=C(O)[C@@H]1C[C@H]1c1ccc(Br)cc1O. The zero-order valence-electron chi connectivity index (χ0n) is 7.27. The van der Waals surface area contributed by atoms with Crippen molar-refractivity contribution < 1.29 is 15.0 Å². The average Bonchev–Trinajstić information content (AvgIpc) is 2.83. The summed E-state index contributed by atoms with van der Waals surface area (Å²) in [4.78, 5) is 10.6. The first kappa shape index (κ1) is 9.52. The van der Waals surface area contributed by atoms with Crippen molar-refractivity contribution in [3.8, 4) is 5.75 Å². The van der Waals surface area contributed by atoms with Gasteiger partial charge in [0.05, 0.1) is 5.92 Å². The lowest BCUT2D eigenvalue weighted by molar-refractivity contribution is -0.138. The molecule has 1 fully saturated rings. The van der Waals surface area contributed by atoms with Crippen LogP contribution in [0.1, 0.15) is 17.9 Å². The van der Waals surface area contributed by atoms with Crippen LogP contribution in [0.5, 0.6) is 5.75 Å². The molecule has 74 valence electrons. The maximum Gasteiger partial charge on any atom is 0.307 e. The number of carbonyl (C=O) groups is 1. The highest BCUT2D eigenvalue weighted by atomic mass is 79.9. The molecule has 2 rings (SSSR count). The molecular weight excluding hydrogens is 248 g/mol. The molecule has 0 aliphatic heterocycles. The zero-order valence-corrected chi connectivity index (χ0v) is 8.86. The van der Waals surface area contributed by atoms with Crippen LogP contribution in [0.3, 0.4) is 0 Å². The van der Waals surface area contributed by atoms with Crippen LogP contribution < -0.4 is 0 Å². The van der Waals surface area contributed by atoms with Gasteiger partial charge in [-0.25, -0.2) is 0 Å². The molecule has 1 saturated carbocycles. The molecule has 1 aromatic rings. The Kier molecular flexibility index (Phi) is 2.23. The molecule has 0 saturated heterocycles. The van der Waals surface area contributed by atoms with Crippen molar-refractivity contribution in [2.24, 2.45) is 5.92 Å². The molecule has 0 aromatic heterocycles. The molecule has 0 heterocycles. The lowest BCUT2D eigenvalue weighted by Gasteiger charge is -2.02. The molecule has 0 radical (unpaired) electrons.